The zero-order valence-electron chi connectivity index (χ0n) is 11.9. The molecular formula is C13H17NO6S. The maximum Gasteiger partial charge on any atom is 0.337 e. The molecule has 0 spiro atoms. The number of benzene rings is 1. The molecule has 1 rings (SSSR count). The van der Waals surface area contributed by atoms with Crippen LogP contribution in [-0.2, 0) is 19.6 Å². The fourth-order valence-corrected chi connectivity index (χ4v) is 2.93. The summed E-state index contributed by atoms with van der Waals surface area (Å²) in [5.74, 6) is -2.25. The largest absolute Gasteiger partial charge is 0.480 e. The Morgan fingerprint density at radius 1 is 1.19 bits per heavy atom. The van der Waals surface area contributed by atoms with Crippen LogP contribution in [-0.4, -0.2) is 38.6 Å². The standard InChI is InChI=1S/C13H17NO6S/c1-8(2)11(12(15)16)14-21(18,19)10-6-4-9(5-7-10)13(17)20-3/h4-8,11,14H,1-3H3,(H,15,16)/t11-/m0/s1. The molecule has 0 radical (unpaired) electrons. The summed E-state index contributed by atoms with van der Waals surface area (Å²) >= 11 is 0. The second-order valence-corrected chi connectivity index (χ2v) is 6.41. The van der Waals surface area contributed by atoms with Crippen molar-refractivity contribution in [2.45, 2.75) is 24.8 Å². The second kappa shape index (κ2) is 6.68. The van der Waals surface area contributed by atoms with Crippen LogP contribution in [0.3, 0.4) is 0 Å². The Morgan fingerprint density at radius 3 is 2.10 bits per heavy atom. The minimum Gasteiger partial charge on any atom is -0.480 e. The van der Waals surface area contributed by atoms with Gasteiger partial charge >= 0.3 is 11.9 Å². The number of nitrogens with one attached hydrogen (secondary N) is 1. The normalized spacial score (nSPS) is 13.0. The van der Waals surface area contributed by atoms with Crippen molar-refractivity contribution in [1.29, 1.82) is 0 Å². The first-order valence-corrected chi connectivity index (χ1v) is 7.61. The van der Waals surface area contributed by atoms with E-state index in [1.807, 2.05) is 0 Å². The molecule has 0 aliphatic rings. The molecular weight excluding hydrogens is 298 g/mol. The number of carbonyl (C=O) groups is 2. The predicted octanol–water partition coefficient (Wildman–Crippen LogP) is 0.861. The quantitative estimate of drug-likeness (QED) is 0.753. The number of ether oxygens (including phenoxy) is 1. The third-order valence-electron chi connectivity index (χ3n) is 2.80. The van der Waals surface area contributed by atoms with Crippen LogP contribution >= 0.6 is 0 Å². The number of methoxy groups -OCH3 is 1. The van der Waals surface area contributed by atoms with E-state index in [-0.39, 0.29) is 10.5 Å². The van der Waals surface area contributed by atoms with E-state index in [0.717, 1.165) is 0 Å². The van der Waals surface area contributed by atoms with Gasteiger partial charge in [-0.3, -0.25) is 4.79 Å². The van der Waals surface area contributed by atoms with E-state index in [2.05, 4.69) is 9.46 Å². The van der Waals surface area contributed by atoms with Gasteiger partial charge in [0, 0.05) is 0 Å². The molecule has 1 aromatic rings. The van der Waals surface area contributed by atoms with Crippen LogP contribution in [0.4, 0.5) is 0 Å². The molecule has 0 aliphatic carbocycles. The monoisotopic (exact) mass is 315 g/mol. The molecule has 0 saturated heterocycles. The highest BCUT2D eigenvalue weighted by Crippen LogP contribution is 2.13. The van der Waals surface area contributed by atoms with Crippen molar-refractivity contribution in [3.8, 4) is 0 Å². The summed E-state index contributed by atoms with van der Waals surface area (Å²) < 4.78 is 30.9. The molecule has 0 aliphatic heterocycles. The van der Waals surface area contributed by atoms with Gasteiger partial charge in [0.05, 0.1) is 17.6 Å². The van der Waals surface area contributed by atoms with E-state index in [1.165, 1.54) is 31.4 Å². The van der Waals surface area contributed by atoms with E-state index in [9.17, 15) is 18.0 Å². The Morgan fingerprint density at radius 2 is 1.71 bits per heavy atom. The van der Waals surface area contributed by atoms with Crippen LogP contribution < -0.4 is 4.72 Å². The van der Waals surface area contributed by atoms with Gasteiger partial charge in [0.25, 0.3) is 0 Å². The molecule has 0 saturated carbocycles. The maximum absolute atomic E-state index is 12.1. The lowest BCUT2D eigenvalue weighted by Crippen LogP contribution is -2.44. The number of rotatable bonds is 6. The Hall–Kier alpha value is -1.93. The minimum atomic E-state index is -3.98. The van der Waals surface area contributed by atoms with Gasteiger partial charge in [0.15, 0.2) is 0 Å². The van der Waals surface area contributed by atoms with E-state index >= 15 is 0 Å². The molecule has 0 heterocycles. The first-order valence-electron chi connectivity index (χ1n) is 6.12. The molecule has 1 aromatic carbocycles. The van der Waals surface area contributed by atoms with Gasteiger partial charge in [-0.15, -0.1) is 0 Å². The van der Waals surface area contributed by atoms with Gasteiger partial charge < -0.3 is 9.84 Å². The first-order chi connectivity index (χ1) is 9.69. The highest BCUT2D eigenvalue weighted by molar-refractivity contribution is 7.89. The van der Waals surface area contributed by atoms with Crippen molar-refractivity contribution in [2.75, 3.05) is 7.11 Å². The van der Waals surface area contributed by atoms with Crippen LogP contribution in [0.5, 0.6) is 0 Å². The Kier molecular flexibility index (Phi) is 5.45. The Balaban J connectivity index is 3.03. The number of hydrogen-bond donors (Lipinski definition) is 2. The van der Waals surface area contributed by atoms with Crippen LogP contribution in [0.15, 0.2) is 29.2 Å². The molecule has 0 unspecified atom stereocenters. The molecule has 0 amide bonds. The summed E-state index contributed by atoms with van der Waals surface area (Å²) in [4.78, 5) is 22.2. The van der Waals surface area contributed by atoms with Crippen molar-refractivity contribution in [2.24, 2.45) is 5.92 Å². The number of esters is 1. The van der Waals surface area contributed by atoms with Crippen molar-refractivity contribution in [1.82, 2.24) is 4.72 Å². The van der Waals surface area contributed by atoms with Crippen LogP contribution in [0, 0.1) is 5.92 Å². The molecule has 116 valence electrons. The maximum atomic E-state index is 12.1. The van der Waals surface area contributed by atoms with E-state index in [1.54, 1.807) is 13.8 Å². The van der Waals surface area contributed by atoms with Crippen molar-refractivity contribution < 1.29 is 27.9 Å². The average molecular weight is 315 g/mol. The highest BCUT2D eigenvalue weighted by atomic mass is 32.2. The van der Waals surface area contributed by atoms with Gasteiger partial charge in [-0.2, -0.15) is 4.72 Å². The third-order valence-corrected chi connectivity index (χ3v) is 4.26. The molecule has 0 bridgehead atoms. The zero-order chi connectivity index (χ0) is 16.2. The van der Waals surface area contributed by atoms with Gasteiger partial charge in [0.1, 0.15) is 6.04 Å². The summed E-state index contributed by atoms with van der Waals surface area (Å²) in [5, 5.41) is 9.01. The number of sulfonamides is 1. The lowest BCUT2D eigenvalue weighted by molar-refractivity contribution is -0.140. The SMILES string of the molecule is COC(=O)c1ccc(S(=O)(=O)N[C@H](C(=O)O)C(C)C)cc1. The molecule has 1 atom stereocenters. The number of carbonyl (C=O) groups excluding carboxylic acids is 1. The zero-order valence-corrected chi connectivity index (χ0v) is 12.7. The molecule has 0 fully saturated rings. The van der Waals surface area contributed by atoms with Crippen molar-refractivity contribution in [3.63, 3.8) is 0 Å². The number of carboxylic acids is 1. The fourth-order valence-electron chi connectivity index (χ4n) is 1.59. The predicted molar refractivity (Wildman–Crippen MR) is 74.4 cm³/mol. The molecule has 7 nitrogen and oxygen atoms in total. The molecule has 2 N–H and O–H groups in total. The van der Waals surface area contributed by atoms with Crippen LogP contribution in [0.25, 0.3) is 0 Å². The van der Waals surface area contributed by atoms with Crippen LogP contribution in [0.1, 0.15) is 24.2 Å². The lowest BCUT2D eigenvalue weighted by Gasteiger charge is -2.18. The summed E-state index contributed by atoms with van der Waals surface area (Å²) in [6.45, 7) is 3.20. The van der Waals surface area contributed by atoms with E-state index in [0.29, 0.717) is 0 Å². The lowest BCUT2D eigenvalue weighted by atomic mass is 10.1. The van der Waals surface area contributed by atoms with Gasteiger partial charge in [-0.05, 0) is 30.2 Å². The molecule has 21 heavy (non-hydrogen) atoms. The van der Waals surface area contributed by atoms with Crippen molar-refractivity contribution in [3.05, 3.63) is 29.8 Å². The topological polar surface area (TPSA) is 110 Å². The Bertz CT molecular complexity index is 621. The third kappa shape index (κ3) is 4.27. The van der Waals surface area contributed by atoms with E-state index < -0.39 is 33.9 Å². The van der Waals surface area contributed by atoms with Gasteiger partial charge in [-0.1, -0.05) is 13.8 Å². The first kappa shape index (κ1) is 17.1. The van der Waals surface area contributed by atoms with Gasteiger partial charge in [0.2, 0.25) is 10.0 Å². The van der Waals surface area contributed by atoms with Crippen molar-refractivity contribution >= 4 is 22.0 Å². The summed E-state index contributed by atoms with van der Waals surface area (Å²) in [6.07, 6.45) is 0. The molecule has 8 heteroatoms. The fraction of sp³-hybridized carbons (Fsp3) is 0.385. The number of hydrogen-bond acceptors (Lipinski definition) is 5. The highest BCUT2D eigenvalue weighted by Gasteiger charge is 2.28. The summed E-state index contributed by atoms with van der Waals surface area (Å²) in [5.41, 5.74) is 0.204. The summed E-state index contributed by atoms with van der Waals surface area (Å²) in [7, 11) is -2.76. The van der Waals surface area contributed by atoms with Gasteiger partial charge in [-0.25, -0.2) is 13.2 Å². The Labute approximate surface area is 123 Å². The second-order valence-electron chi connectivity index (χ2n) is 4.70. The average Bonchev–Trinajstić information content (AvgIpc) is 2.43. The summed E-state index contributed by atoms with van der Waals surface area (Å²) in [6, 6.07) is 3.80. The number of aliphatic carboxylic acids is 1. The van der Waals surface area contributed by atoms with Crippen LogP contribution in [0.2, 0.25) is 0 Å². The molecule has 0 aromatic heterocycles. The smallest absolute Gasteiger partial charge is 0.337 e. The van der Waals surface area contributed by atoms with E-state index in [4.69, 9.17) is 5.11 Å². The minimum absolute atomic E-state index is 0.123. The number of carboxylic acid groups (broad SMARTS) is 1.